The van der Waals surface area contributed by atoms with Gasteiger partial charge in [0.25, 0.3) is 5.69 Å². The Morgan fingerprint density at radius 2 is 2.20 bits per heavy atom. The van der Waals surface area contributed by atoms with Gasteiger partial charge in [-0.05, 0) is 39.1 Å². The Balaban J connectivity index is 2.30. The lowest BCUT2D eigenvalue weighted by Gasteiger charge is -2.30. The number of nitrogens with zero attached hydrogens (tertiary/aromatic N) is 3. The van der Waals surface area contributed by atoms with Crippen molar-refractivity contribution in [1.29, 1.82) is 0 Å². The van der Waals surface area contributed by atoms with Gasteiger partial charge in [-0.15, -0.1) is 11.6 Å². The average molecular weight is 298 g/mol. The van der Waals surface area contributed by atoms with Crippen LogP contribution in [0, 0.1) is 10.1 Å². The van der Waals surface area contributed by atoms with Gasteiger partial charge in [-0.2, -0.15) is 0 Å². The predicted molar refractivity (Wildman–Crippen MR) is 81.6 cm³/mol. The van der Waals surface area contributed by atoms with E-state index < -0.39 is 0 Å². The van der Waals surface area contributed by atoms with Gasteiger partial charge in [0.2, 0.25) is 0 Å². The molecule has 0 spiro atoms. The van der Waals surface area contributed by atoms with Crippen LogP contribution in [-0.4, -0.2) is 42.5 Å². The van der Waals surface area contributed by atoms with Gasteiger partial charge in [-0.25, -0.2) is 0 Å². The molecule has 110 valence electrons. The molecular weight excluding hydrogens is 278 g/mol. The lowest BCUT2D eigenvalue weighted by atomic mass is 10.1. The molecule has 0 saturated carbocycles. The Morgan fingerprint density at radius 3 is 2.85 bits per heavy atom. The first kappa shape index (κ1) is 15.1. The SMILES string of the molecule is CC1CN(C)CCCN1c1ccc([N+](=O)[O-])c(CCl)c1. The van der Waals surface area contributed by atoms with Crippen LogP contribution in [0.5, 0.6) is 0 Å². The number of hydrogen-bond acceptors (Lipinski definition) is 4. The minimum absolute atomic E-state index is 0.100. The molecule has 0 amide bonds. The molecule has 0 bridgehead atoms. The molecule has 20 heavy (non-hydrogen) atoms. The summed E-state index contributed by atoms with van der Waals surface area (Å²) in [4.78, 5) is 15.2. The largest absolute Gasteiger partial charge is 0.367 e. The Morgan fingerprint density at radius 1 is 1.45 bits per heavy atom. The molecule has 1 aromatic carbocycles. The van der Waals surface area contributed by atoms with E-state index in [-0.39, 0.29) is 16.5 Å². The summed E-state index contributed by atoms with van der Waals surface area (Å²) >= 11 is 5.85. The van der Waals surface area contributed by atoms with Crippen LogP contribution in [0.1, 0.15) is 18.9 Å². The fourth-order valence-corrected chi connectivity index (χ4v) is 3.01. The summed E-state index contributed by atoms with van der Waals surface area (Å²) in [7, 11) is 2.13. The third-order valence-corrected chi connectivity index (χ3v) is 4.07. The maximum atomic E-state index is 11.0. The van der Waals surface area contributed by atoms with Crippen molar-refractivity contribution in [3.63, 3.8) is 0 Å². The van der Waals surface area contributed by atoms with Crippen molar-refractivity contribution in [3.8, 4) is 0 Å². The second-order valence-electron chi connectivity index (χ2n) is 5.36. The first-order valence-electron chi connectivity index (χ1n) is 6.81. The molecule has 0 aliphatic carbocycles. The van der Waals surface area contributed by atoms with Crippen molar-refractivity contribution in [2.45, 2.75) is 25.3 Å². The fourth-order valence-electron chi connectivity index (χ4n) is 2.79. The number of nitro benzene ring substituents is 1. The van der Waals surface area contributed by atoms with Crippen molar-refractivity contribution in [1.82, 2.24) is 4.90 Å². The van der Waals surface area contributed by atoms with Crippen LogP contribution in [0.15, 0.2) is 18.2 Å². The average Bonchev–Trinajstić information content (AvgIpc) is 2.58. The predicted octanol–water partition coefficient (Wildman–Crippen LogP) is 2.86. The van der Waals surface area contributed by atoms with E-state index in [0.717, 1.165) is 31.7 Å². The lowest BCUT2D eigenvalue weighted by Crippen LogP contribution is -2.37. The van der Waals surface area contributed by atoms with Gasteiger partial charge in [-0.3, -0.25) is 10.1 Å². The molecule has 5 nitrogen and oxygen atoms in total. The highest BCUT2D eigenvalue weighted by molar-refractivity contribution is 6.17. The number of rotatable bonds is 3. The van der Waals surface area contributed by atoms with Crippen molar-refractivity contribution in [3.05, 3.63) is 33.9 Å². The molecule has 1 aliphatic rings. The first-order valence-corrected chi connectivity index (χ1v) is 7.35. The fraction of sp³-hybridized carbons (Fsp3) is 0.571. The quantitative estimate of drug-likeness (QED) is 0.489. The van der Waals surface area contributed by atoms with Crippen molar-refractivity contribution in [2.24, 2.45) is 0 Å². The maximum absolute atomic E-state index is 11.0. The van der Waals surface area contributed by atoms with Gasteiger partial charge in [0.05, 0.1) is 10.8 Å². The highest BCUT2D eigenvalue weighted by Crippen LogP contribution is 2.28. The van der Waals surface area contributed by atoms with Gasteiger partial charge in [0.15, 0.2) is 0 Å². The number of nitro groups is 1. The molecule has 0 aromatic heterocycles. The first-order chi connectivity index (χ1) is 9.52. The molecular formula is C14H20ClN3O2. The molecule has 1 saturated heterocycles. The second-order valence-corrected chi connectivity index (χ2v) is 5.63. The van der Waals surface area contributed by atoms with E-state index in [4.69, 9.17) is 11.6 Å². The standard InChI is InChI=1S/C14H20ClN3O2/c1-11-10-16(2)6-3-7-17(11)13-4-5-14(18(19)20)12(8-13)9-15/h4-5,8,11H,3,6-7,9-10H2,1-2H3. The van der Waals surface area contributed by atoms with E-state index in [1.807, 2.05) is 12.1 Å². The van der Waals surface area contributed by atoms with Crippen molar-refractivity contribution < 1.29 is 4.92 Å². The third-order valence-electron chi connectivity index (χ3n) is 3.78. The molecule has 1 fully saturated rings. The van der Waals surface area contributed by atoms with Crippen LogP contribution in [0.25, 0.3) is 0 Å². The zero-order valence-electron chi connectivity index (χ0n) is 11.9. The molecule has 1 unspecified atom stereocenters. The van der Waals surface area contributed by atoms with E-state index in [1.54, 1.807) is 6.07 Å². The molecule has 2 rings (SSSR count). The van der Waals surface area contributed by atoms with Crippen LogP contribution in [-0.2, 0) is 5.88 Å². The summed E-state index contributed by atoms with van der Waals surface area (Å²) in [5.41, 5.74) is 1.70. The van der Waals surface area contributed by atoms with Crippen molar-refractivity contribution in [2.75, 3.05) is 31.6 Å². The topological polar surface area (TPSA) is 49.6 Å². The van der Waals surface area contributed by atoms with E-state index in [0.29, 0.717) is 11.6 Å². The molecule has 6 heteroatoms. The van der Waals surface area contributed by atoms with E-state index >= 15 is 0 Å². The number of likely N-dealkylation sites (N-methyl/N-ethyl adjacent to an activating group) is 1. The number of anilines is 1. The van der Waals surface area contributed by atoms with Gasteiger partial charge in [0.1, 0.15) is 0 Å². The van der Waals surface area contributed by atoms with Crippen LogP contribution >= 0.6 is 11.6 Å². The van der Waals surface area contributed by atoms with Gasteiger partial charge in [0, 0.05) is 36.4 Å². The summed E-state index contributed by atoms with van der Waals surface area (Å²) in [5, 5.41) is 11.0. The zero-order chi connectivity index (χ0) is 14.7. The highest BCUT2D eigenvalue weighted by atomic mass is 35.5. The molecule has 0 radical (unpaired) electrons. The van der Waals surface area contributed by atoms with Crippen LogP contribution < -0.4 is 4.90 Å². The van der Waals surface area contributed by atoms with E-state index in [2.05, 4.69) is 23.8 Å². The monoisotopic (exact) mass is 297 g/mol. The summed E-state index contributed by atoms with van der Waals surface area (Å²) in [6.45, 7) is 5.22. The van der Waals surface area contributed by atoms with Gasteiger partial charge >= 0.3 is 0 Å². The zero-order valence-corrected chi connectivity index (χ0v) is 12.6. The van der Waals surface area contributed by atoms with Gasteiger partial charge in [-0.1, -0.05) is 0 Å². The lowest BCUT2D eigenvalue weighted by molar-refractivity contribution is -0.385. The molecule has 1 heterocycles. The number of hydrogen-bond donors (Lipinski definition) is 0. The smallest absolute Gasteiger partial charge is 0.273 e. The molecule has 1 aromatic rings. The number of alkyl halides is 1. The second kappa shape index (κ2) is 6.41. The Kier molecular flexibility index (Phi) is 4.83. The molecule has 1 aliphatic heterocycles. The Hall–Kier alpha value is -1.33. The van der Waals surface area contributed by atoms with E-state index in [9.17, 15) is 10.1 Å². The van der Waals surface area contributed by atoms with Crippen molar-refractivity contribution >= 4 is 23.0 Å². The van der Waals surface area contributed by atoms with Crippen LogP contribution in [0.2, 0.25) is 0 Å². The van der Waals surface area contributed by atoms with E-state index in [1.165, 1.54) is 0 Å². The maximum Gasteiger partial charge on any atom is 0.273 e. The number of halogens is 1. The minimum Gasteiger partial charge on any atom is -0.367 e. The third kappa shape index (κ3) is 3.22. The Bertz CT molecular complexity index is 495. The van der Waals surface area contributed by atoms with Crippen LogP contribution in [0.3, 0.4) is 0 Å². The van der Waals surface area contributed by atoms with Crippen LogP contribution in [0.4, 0.5) is 11.4 Å². The summed E-state index contributed by atoms with van der Waals surface area (Å²) < 4.78 is 0. The summed E-state index contributed by atoms with van der Waals surface area (Å²) in [6.07, 6.45) is 1.09. The van der Waals surface area contributed by atoms with Gasteiger partial charge < -0.3 is 9.80 Å². The highest BCUT2D eigenvalue weighted by Gasteiger charge is 2.22. The number of benzene rings is 1. The normalized spacial score (nSPS) is 20.8. The molecule has 0 N–H and O–H groups in total. The Labute approximate surface area is 124 Å². The molecule has 1 atom stereocenters. The summed E-state index contributed by atoms with van der Waals surface area (Å²) in [6, 6.07) is 5.63. The minimum atomic E-state index is -0.374. The summed E-state index contributed by atoms with van der Waals surface area (Å²) in [5.74, 6) is 0.159.